The summed E-state index contributed by atoms with van der Waals surface area (Å²) in [5, 5.41) is 11.8. The quantitative estimate of drug-likeness (QED) is 0.151. The van der Waals surface area contributed by atoms with Crippen LogP contribution < -0.4 is 9.64 Å². The van der Waals surface area contributed by atoms with E-state index in [1.165, 1.54) is 18.1 Å². The summed E-state index contributed by atoms with van der Waals surface area (Å²) in [4.78, 5) is 44.8. The first kappa shape index (κ1) is 25.2. The number of benzene rings is 2. The van der Waals surface area contributed by atoms with E-state index in [2.05, 4.69) is 11.6 Å². The van der Waals surface area contributed by atoms with Crippen LogP contribution in [0.25, 0.3) is 5.76 Å². The number of hydrogen-bond donors (Lipinski definition) is 1. The number of thiazole rings is 1. The smallest absolute Gasteiger partial charge is 0.350 e. The first-order chi connectivity index (χ1) is 17.3. The number of aliphatic hydroxyl groups excluding tert-OH is 1. The molecule has 10 heteroatoms. The maximum absolute atomic E-state index is 13.3. The highest BCUT2D eigenvalue weighted by atomic mass is 35.5. The van der Waals surface area contributed by atoms with E-state index >= 15 is 0 Å². The van der Waals surface area contributed by atoms with Crippen LogP contribution in [-0.4, -0.2) is 41.5 Å². The minimum atomic E-state index is -1.02. The fraction of sp³-hybridized carbons (Fsp3) is 0.154. The highest BCUT2D eigenvalue weighted by molar-refractivity contribution is 7.17. The number of aryl methyl sites for hydroxylation is 1. The number of nitrogens with zero attached hydrogens (tertiary/aromatic N) is 2. The topological polar surface area (TPSA) is 106 Å². The SMILES string of the molecule is C=CCOC(=O)c1sc(N2C(=O)C(=O)C(=C(O)c3cccc(OC)c3)C2c2ccc(Cl)cc2)nc1C. The summed E-state index contributed by atoms with van der Waals surface area (Å²) in [5.41, 5.74) is 1.04. The van der Waals surface area contributed by atoms with Crippen molar-refractivity contribution in [2.45, 2.75) is 13.0 Å². The van der Waals surface area contributed by atoms with Crippen molar-refractivity contribution in [2.24, 2.45) is 0 Å². The van der Waals surface area contributed by atoms with Gasteiger partial charge < -0.3 is 14.6 Å². The zero-order valence-corrected chi connectivity index (χ0v) is 20.9. The molecule has 8 nitrogen and oxygen atoms in total. The molecule has 1 aliphatic rings. The van der Waals surface area contributed by atoms with E-state index < -0.39 is 23.7 Å². The van der Waals surface area contributed by atoms with Crippen molar-refractivity contribution in [2.75, 3.05) is 18.6 Å². The third-order valence-electron chi connectivity index (χ3n) is 5.48. The Bertz CT molecular complexity index is 1400. The van der Waals surface area contributed by atoms with Crippen LogP contribution in [0.2, 0.25) is 5.02 Å². The third-order valence-corrected chi connectivity index (χ3v) is 6.87. The predicted octanol–water partition coefficient (Wildman–Crippen LogP) is 5.08. The number of aromatic nitrogens is 1. The lowest BCUT2D eigenvalue weighted by Crippen LogP contribution is -2.29. The van der Waals surface area contributed by atoms with Crippen molar-refractivity contribution in [3.05, 3.63) is 93.5 Å². The van der Waals surface area contributed by atoms with Crippen molar-refractivity contribution >= 4 is 51.5 Å². The normalized spacial score (nSPS) is 16.8. The maximum atomic E-state index is 13.3. The number of Topliss-reactive ketones (excluding diaryl/α,β-unsaturated/α-hetero) is 1. The number of hydrogen-bond acceptors (Lipinski definition) is 8. The van der Waals surface area contributed by atoms with E-state index in [0.29, 0.717) is 27.6 Å². The lowest BCUT2D eigenvalue weighted by molar-refractivity contribution is -0.132. The third kappa shape index (κ3) is 4.62. The maximum Gasteiger partial charge on any atom is 0.350 e. The fourth-order valence-electron chi connectivity index (χ4n) is 3.79. The largest absolute Gasteiger partial charge is 0.507 e. The summed E-state index contributed by atoms with van der Waals surface area (Å²) in [6, 6.07) is 12.0. The van der Waals surface area contributed by atoms with Crippen molar-refractivity contribution in [1.29, 1.82) is 0 Å². The number of aliphatic hydroxyl groups is 1. The number of esters is 1. The second-order valence-corrected chi connectivity index (χ2v) is 9.16. The molecular weight excluding hydrogens is 504 g/mol. The molecule has 2 aromatic carbocycles. The van der Waals surface area contributed by atoms with E-state index in [0.717, 1.165) is 11.3 Å². The Morgan fingerprint density at radius 3 is 2.64 bits per heavy atom. The van der Waals surface area contributed by atoms with Crippen molar-refractivity contribution < 1.29 is 29.0 Å². The van der Waals surface area contributed by atoms with Gasteiger partial charge in [-0.1, -0.05) is 59.9 Å². The van der Waals surface area contributed by atoms with Crippen LogP contribution in [0.15, 0.2) is 66.8 Å². The van der Waals surface area contributed by atoms with E-state index in [4.69, 9.17) is 21.1 Å². The van der Waals surface area contributed by atoms with Crippen molar-refractivity contribution in [3.63, 3.8) is 0 Å². The Morgan fingerprint density at radius 2 is 1.97 bits per heavy atom. The van der Waals surface area contributed by atoms with Crippen LogP contribution in [0, 0.1) is 6.92 Å². The number of ketones is 1. The van der Waals surface area contributed by atoms with Gasteiger partial charge in [0.25, 0.3) is 5.78 Å². The second kappa shape index (κ2) is 10.3. The van der Waals surface area contributed by atoms with E-state index in [1.54, 1.807) is 55.5 Å². The van der Waals surface area contributed by atoms with Gasteiger partial charge in [-0.25, -0.2) is 9.78 Å². The molecule has 4 rings (SSSR count). The Kier molecular flexibility index (Phi) is 7.23. The zero-order valence-electron chi connectivity index (χ0n) is 19.4. The molecule has 0 radical (unpaired) electrons. The van der Waals surface area contributed by atoms with Crippen LogP contribution in [0.1, 0.15) is 32.5 Å². The molecule has 1 saturated heterocycles. The summed E-state index contributed by atoms with van der Waals surface area (Å²) in [5.74, 6) is -2.30. The van der Waals surface area contributed by atoms with Gasteiger partial charge in [-0.3, -0.25) is 14.5 Å². The number of carbonyl (C=O) groups excluding carboxylic acids is 3. The predicted molar refractivity (Wildman–Crippen MR) is 137 cm³/mol. The first-order valence-corrected chi connectivity index (χ1v) is 11.9. The van der Waals surface area contributed by atoms with Gasteiger partial charge in [0.15, 0.2) is 5.13 Å². The molecule has 0 aliphatic carbocycles. The molecule has 1 aliphatic heterocycles. The van der Waals surface area contributed by atoms with E-state index in [-0.39, 0.29) is 27.9 Å². The number of carbonyl (C=O) groups is 3. The highest BCUT2D eigenvalue weighted by Gasteiger charge is 2.48. The highest BCUT2D eigenvalue weighted by Crippen LogP contribution is 2.44. The van der Waals surface area contributed by atoms with Crippen LogP contribution in [0.5, 0.6) is 5.75 Å². The summed E-state index contributed by atoms with van der Waals surface area (Å²) >= 11 is 6.99. The molecule has 1 amide bonds. The van der Waals surface area contributed by atoms with Gasteiger partial charge in [-0.15, -0.1) is 0 Å². The molecule has 1 N–H and O–H groups in total. The number of methoxy groups -OCH3 is 1. The van der Waals surface area contributed by atoms with E-state index in [1.807, 2.05) is 0 Å². The Balaban J connectivity index is 1.88. The molecule has 1 atom stereocenters. The minimum Gasteiger partial charge on any atom is -0.507 e. The lowest BCUT2D eigenvalue weighted by Gasteiger charge is -2.23. The summed E-state index contributed by atoms with van der Waals surface area (Å²) in [7, 11) is 1.48. The molecule has 0 saturated carbocycles. The molecule has 0 spiro atoms. The molecule has 36 heavy (non-hydrogen) atoms. The molecule has 2 heterocycles. The second-order valence-electron chi connectivity index (χ2n) is 7.75. The van der Waals surface area contributed by atoms with Gasteiger partial charge in [0.2, 0.25) is 0 Å². The Morgan fingerprint density at radius 1 is 1.25 bits per heavy atom. The van der Waals surface area contributed by atoms with E-state index in [9.17, 15) is 19.5 Å². The number of rotatable bonds is 7. The summed E-state index contributed by atoms with van der Waals surface area (Å²) in [6.45, 7) is 5.14. The first-order valence-electron chi connectivity index (χ1n) is 10.7. The van der Waals surface area contributed by atoms with Crippen LogP contribution >= 0.6 is 22.9 Å². The summed E-state index contributed by atoms with van der Waals surface area (Å²) in [6.07, 6.45) is 1.44. The van der Waals surface area contributed by atoms with Gasteiger partial charge in [-0.05, 0) is 36.8 Å². The number of halogens is 1. The average Bonchev–Trinajstić information content (AvgIpc) is 3.39. The van der Waals surface area contributed by atoms with Crippen molar-refractivity contribution in [3.8, 4) is 5.75 Å². The molecule has 184 valence electrons. The van der Waals surface area contributed by atoms with Crippen LogP contribution in [0.3, 0.4) is 0 Å². The van der Waals surface area contributed by atoms with Gasteiger partial charge in [0, 0.05) is 10.6 Å². The number of amides is 1. The van der Waals surface area contributed by atoms with Crippen LogP contribution in [0.4, 0.5) is 5.13 Å². The molecule has 3 aromatic rings. The summed E-state index contributed by atoms with van der Waals surface area (Å²) < 4.78 is 10.3. The lowest BCUT2D eigenvalue weighted by atomic mass is 9.95. The standard InChI is InChI=1S/C26H21ClN2O6S/c1-4-12-35-25(33)23-14(2)28-26(36-23)29-20(15-8-10-17(27)11-9-15)19(22(31)24(29)32)21(30)16-6-5-7-18(13-16)34-3/h4-11,13,20,30H,1,12H2,2-3H3. The van der Waals surface area contributed by atoms with Crippen molar-refractivity contribution in [1.82, 2.24) is 4.98 Å². The monoisotopic (exact) mass is 524 g/mol. The molecular formula is C26H21ClN2O6S. The average molecular weight is 525 g/mol. The fourth-order valence-corrected chi connectivity index (χ4v) is 4.90. The van der Waals surface area contributed by atoms with Gasteiger partial charge in [0.05, 0.1) is 24.4 Å². The molecule has 0 bridgehead atoms. The Labute approximate surface area is 216 Å². The van der Waals surface area contributed by atoms with Gasteiger partial charge in [0.1, 0.15) is 23.0 Å². The minimum absolute atomic E-state index is 0.0152. The number of anilines is 1. The molecule has 1 unspecified atom stereocenters. The van der Waals surface area contributed by atoms with Gasteiger partial charge in [-0.2, -0.15) is 0 Å². The van der Waals surface area contributed by atoms with Gasteiger partial charge >= 0.3 is 11.9 Å². The van der Waals surface area contributed by atoms with Crippen LogP contribution in [-0.2, 0) is 14.3 Å². The number of ether oxygens (including phenoxy) is 2. The zero-order chi connectivity index (χ0) is 26.0. The molecule has 1 fully saturated rings. The Hall–Kier alpha value is -3.95. The molecule has 1 aromatic heterocycles.